The van der Waals surface area contributed by atoms with Crippen LogP contribution in [0, 0.1) is 5.82 Å². The summed E-state index contributed by atoms with van der Waals surface area (Å²) in [6.07, 6.45) is 6.36. The third-order valence-electron chi connectivity index (χ3n) is 3.15. The first-order chi connectivity index (χ1) is 10.7. The third-order valence-corrected chi connectivity index (χ3v) is 3.15. The quantitative estimate of drug-likeness (QED) is 0.804. The summed E-state index contributed by atoms with van der Waals surface area (Å²) in [5.74, 6) is -0.586. The van der Waals surface area contributed by atoms with Gasteiger partial charge in [0.1, 0.15) is 11.5 Å². The molecule has 0 aliphatic heterocycles. The van der Waals surface area contributed by atoms with Gasteiger partial charge < -0.3 is 5.32 Å². The fraction of sp³-hybridized carbons (Fsp3) is 0.0625. The minimum atomic E-state index is -0.327. The van der Waals surface area contributed by atoms with Crippen LogP contribution in [0.5, 0.6) is 0 Å². The van der Waals surface area contributed by atoms with Gasteiger partial charge in [0.25, 0.3) is 5.91 Å². The molecular formula is C16H13FN4O. The minimum Gasteiger partial charge on any atom is -0.347 e. The largest absolute Gasteiger partial charge is 0.347 e. The van der Waals surface area contributed by atoms with Gasteiger partial charge in [-0.25, -0.2) is 9.37 Å². The number of carbonyl (C=O) groups excluding carboxylic acids is 1. The molecule has 0 unspecified atom stereocenters. The zero-order valence-electron chi connectivity index (χ0n) is 11.6. The molecule has 1 amide bonds. The molecule has 22 heavy (non-hydrogen) atoms. The number of amides is 1. The van der Waals surface area contributed by atoms with Gasteiger partial charge in [-0.3, -0.25) is 14.3 Å². The van der Waals surface area contributed by atoms with Gasteiger partial charge in [-0.05, 0) is 35.9 Å². The Morgan fingerprint density at radius 1 is 1.14 bits per heavy atom. The molecule has 0 aliphatic rings. The summed E-state index contributed by atoms with van der Waals surface area (Å²) < 4.78 is 14.6. The standard InChI is InChI=1S/C16H13FN4O/c17-13-3-5-14(6-4-13)21-11-19-10-15(21)16(22)20-9-12-2-1-7-18-8-12/h1-8,10-11H,9H2,(H,20,22). The molecule has 0 aliphatic carbocycles. The molecule has 6 heteroatoms. The molecule has 2 heterocycles. The molecule has 0 radical (unpaired) electrons. The highest BCUT2D eigenvalue weighted by Gasteiger charge is 2.12. The smallest absolute Gasteiger partial charge is 0.270 e. The molecular weight excluding hydrogens is 283 g/mol. The second-order valence-electron chi connectivity index (χ2n) is 4.67. The van der Waals surface area contributed by atoms with Crippen molar-refractivity contribution in [2.45, 2.75) is 6.54 Å². The van der Waals surface area contributed by atoms with Crippen LogP contribution in [0.25, 0.3) is 5.69 Å². The number of pyridine rings is 1. The highest BCUT2D eigenvalue weighted by Crippen LogP contribution is 2.12. The van der Waals surface area contributed by atoms with Crippen molar-refractivity contribution in [2.24, 2.45) is 0 Å². The monoisotopic (exact) mass is 296 g/mol. The summed E-state index contributed by atoms with van der Waals surface area (Å²) in [5, 5.41) is 2.81. The Labute approximate surface area is 126 Å². The third kappa shape index (κ3) is 3.01. The molecule has 0 spiro atoms. The van der Waals surface area contributed by atoms with Crippen molar-refractivity contribution in [2.75, 3.05) is 0 Å². The maximum Gasteiger partial charge on any atom is 0.270 e. The van der Waals surface area contributed by atoms with Gasteiger partial charge in [0.05, 0.1) is 12.5 Å². The summed E-state index contributed by atoms with van der Waals surface area (Å²) in [6.45, 7) is 0.376. The summed E-state index contributed by atoms with van der Waals surface area (Å²) >= 11 is 0. The molecule has 1 N–H and O–H groups in total. The van der Waals surface area contributed by atoms with Crippen LogP contribution in [0.15, 0.2) is 61.3 Å². The van der Waals surface area contributed by atoms with E-state index in [-0.39, 0.29) is 11.7 Å². The molecule has 3 rings (SSSR count). The van der Waals surface area contributed by atoms with E-state index in [2.05, 4.69) is 15.3 Å². The molecule has 0 fully saturated rings. The van der Waals surface area contributed by atoms with Crippen LogP contribution in [-0.2, 0) is 6.54 Å². The first kappa shape index (κ1) is 13.9. The number of benzene rings is 1. The van der Waals surface area contributed by atoms with E-state index >= 15 is 0 Å². The Hall–Kier alpha value is -3.02. The highest BCUT2D eigenvalue weighted by atomic mass is 19.1. The SMILES string of the molecule is O=C(NCc1cccnc1)c1cncn1-c1ccc(F)cc1. The lowest BCUT2D eigenvalue weighted by Crippen LogP contribution is -2.25. The Bertz CT molecular complexity index is 768. The highest BCUT2D eigenvalue weighted by molar-refractivity contribution is 5.92. The van der Waals surface area contributed by atoms with Crippen molar-refractivity contribution in [3.63, 3.8) is 0 Å². The van der Waals surface area contributed by atoms with E-state index in [9.17, 15) is 9.18 Å². The van der Waals surface area contributed by atoms with Crippen LogP contribution < -0.4 is 5.32 Å². The molecule has 0 saturated carbocycles. The second-order valence-corrected chi connectivity index (χ2v) is 4.67. The van der Waals surface area contributed by atoms with Gasteiger partial charge in [0.2, 0.25) is 0 Å². The van der Waals surface area contributed by atoms with Crippen LogP contribution in [-0.4, -0.2) is 20.4 Å². The van der Waals surface area contributed by atoms with Crippen LogP contribution in [0.3, 0.4) is 0 Å². The maximum absolute atomic E-state index is 13.0. The predicted molar refractivity (Wildman–Crippen MR) is 78.9 cm³/mol. The summed E-state index contributed by atoms with van der Waals surface area (Å²) in [4.78, 5) is 20.3. The van der Waals surface area contributed by atoms with Gasteiger partial charge in [-0.2, -0.15) is 0 Å². The van der Waals surface area contributed by atoms with Crippen molar-refractivity contribution < 1.29 is 9.18 Å². The lowest BCUT2D eigenvalue weighted by atomic mass is 10.2. The lowest BCUT2D eigenvalue weighted by molar-refractivity contribution is 0.0944. The van der Waals surface area contributed by atoms with Crippen LogP contribution in [0.4, 0.5) is 4.39 Å². The van der Waals surface area contributed by atoms with Crippen molar-refractivity contribution in [3.8, 4) is 5.69 Å². The Morgan fingerprint density at radius 2 is 1.95 bits per heavy atom. The molecule has 0 bridgehead atoms. The molecule has 0 atom stereocenters. The van der Waals surface area contributed by atoms with Crippen LogP contribution in [0.2, 0.25) is 0 Å². The number of carbonyl (C=O) groups is 1. The Balaban J connectivity index is 1.76. The van der Waals surface area contributed by atoms with Crippen LogP contribution >= 0.6 is 0 Å². The lowest BCUT2D eigenvalue weighted by Gasteiger charge is -2.09. The fourth-order valence-electron chi connectivity index (χ4n) is 2.05. The Kier molecular flexibility index (Phi) is 3.91. The van der Waals surface area contributed by atoms with Gasteiger partial charge in [-0.15, -0.1) is 0 Å². The number of imidazole rings is 1. The van der Waals surface area contributed by atoms with Gasteiger partial charge in [0.15, 0.2) is 0 Å². The average molecular weight is 296 g/mol. The van der Waals surface area contributed by atoms with Gasteiger partial charge in [0, 0.05) is 24.6 Å². The Morgan fingerprint density at radius 3 is 2.68 bits per heavy atom. The zero-order valence-corrected chi connectivity index (χ0v) is 11.6. The van der Waals surface area contributed by atoms with Crippen molar-refractivity contribution >= 4 is 5.91 Å². The zero-order chi connectivity index (χ0) is 15.4. The predicted octanol–water partition coefficient (Wildman–Crippen LogP) is 2.34. The molecule has 1 aromatic carbocycles. The molecule has 5 nitrogen and oxygen atoms in total. The fourth-order valence-corrected chi connectivity index (χ4v) is 2.05. The minimum absolute atomic E-state index is 0.259. The number of aromatic nitrogens is 3. The first-order valence-corrected chi connectivity index (χ1v) is 6.69. The summed E-state index contributed by atoms with van der Waals surface area (Å²) in [7, 11) is 0. The topological polar surface area (TPSA) is 59.8 Å². The van der Waals surface area contributed by atoms with E-state index in [1.165, 1.54) is 24.7 Å². The number of hydrogen-bond donors (Lipinski definition) is 1. The van der Waals surface area contributed by atoms with E-state index in [4.69, 9.17) is 0 Å². The van der Waals surface area contributed by atoms with E-state index < -0.39 is 0 Å². The number of hydrogen-bond acceptors (Lipinski definition) is 3. The normalized spacial score (nSPS) is 10.4. The number of halogens is 1. The molecule has 110 valence electrons. The summed E-state index contributed by atoms with van der Waals surface area (Å²) in [5.41, 5.74) is 1.96. The average Bonchev–Trinajstić information content (AvgIpc) is 3.04. The number of rotatable bonds is 4. The molecule has 2 aromatic heterocycles. The van der Waals surface area contributed by atoms with E-state index in [0.29, 0.717) is 17.9 Å². The van der Waals surface area contributed by atoms with E-state index in [1.54, 1.807) is 29.1 Å². The van der Waals surface area contributed by atoms with Crippen molar-refractivity contribution in [1.29, 1.82) is 0 Å². The van der Waals surface area contributed by atoms with Gasteiger partial charge >= 0.3 is 0 Å². The molecule has 3 aromatic rings. The summed E-state index contributed by atoms with van der Waals surface area (Å²) in [6, 6.07) is 9.55. The van der Waals surface area contributed by atoms with E-state index in [1.807, 2.05) is 12.1 Å². The van der Waals surface area contributed by atoms with Crippen LogP contribution in [0.1, 0.15) is 16.1 Å². The number of nitrogens with zero attached hydrogens (tertiary/aromatic N) is 3. The van der Waals surface area contributed by atoms with Crippen molar-refractivity contribution in [1.82, 2.24) is 19.9 Å². The molecule has 0 saturated heterocycles. The first-order valence-electron chi connectivity index (χ1n) is 6.69. The number of nitrogens with one attached hydrogen (secondary N) is 1. The van der Waals surface area contributed by atoms with E-state index in [0.717, 1.165) is 5.56 Å². The second kappa shape index (κ2) is 6.17. The van der Waals surface area contributed by atoms with Gasteiger partial charge in [-0.1, -0.05) is 6.07 Å². The maximum atomic E-state index is 13.0. The van der Waals surface area contributed by atoms with Crippen molar-refractivity contribution in [3.05, 3.63) is 78.4 Å².